The molecule has 6 heteroatoms. The fourth-order valence-corrected chi connectivity index (χ4v) is 1.68. The number of ether oxygens (including phenoxy) is 4. The van der Waals surface area contributed by atoms with Gasteiger partial charge >= 0.3 is 12.3 Å². The van der Waals surface area contributed by atoms with Crippen molar-refractivity contribution in [2.24, 2.45) is 0 Å². The Morgan fingerprint density at radius 1 is 0.938 bits per heavy atom. The minimum atomic E-state index is -0.705. The first-order valence-corrected chi connectivity index (χ1v) is 5.15. The summed E-state index contributed by atoms with van der Waals surface area (Å²) in [6.45, 7) is 0. The highest BCUT2D eigenvalue weighted by molar-refractivity contribution is 5.60. The van der Waals surface area contributed by atoms with Crippen LogP contribution in [0.4, 0.5) is 9.59 Å². The van der Waals surface area contributed by atoms with E-state index in [-0.39, 0.29) is 12.2 Å². The van der Waals surface area contributed by atoms with Crippen LogP contribution in [0.1, 0.15) is 25.7 Å². The maximum Gasteiger partial charge on any atom is 0.508 e. The standard InChI is InChI=1S/C10H16O6/c1-13-9(11)15-7-4-3-5-8(6-7)16-10(12)14-2/h7-8H,3-6H2,1-2H3. The lowest BCUT2D eigenvalue weighted by molar-refractivity contribution is -0.0268. The Labute approximate surface area is 93.8 Å². The summed E-state index contributed by atoms with van der Waals surface area (Å²) in [6.07, 6.45) is 0.930. The van der Waals surface area contributed by atoms with Crippen LogP contribution in [0.2, 0.25) is 0 Å². The maximum absolute atomic E-state index is 10.9. The molecule has 0 bridgehead atoms. The molecule has 6 nitrogen and oxygen atoms in total. The van der Waals surface area contributed by atoms with Crippen molar-refractivity contribution >= 4 is 12.3 Å². The van der Waals surface area contributed by atoms with Crippen LogP contribution in [0.5, 0.6) is 0 Å². The van der Waals surface area contributed by atoms with Gasteiger partial charge in [-0.3, -0.25) is 0 Å². The van der Waals surface area contributed by atoms with Gasteiger partial charge in [0.1, 0.15) is 12.2 Å². The van der Waals surface area contributed by atoms with Gasteiger partial charge in [0.15, 0.2) is 0 Å². The normalized spacial score (nSPS) is 24.4. The monoisotopic (exact) mass is 232 g/mol. The third kappa shape index (κ3) is 3.96. The van der Waals surface area contributed by atoms with E-state index < -0.39 is 12.3 Å². The molecule has 16 heavy (non-hydrogen) atoms. The maximum atomic E-state index is 10.9. The molecule has 92 valence electrons. The highest BCUT2D eigenvalue weighted by Gasteiger charge is 2.27. The SMILES string of the molecule is COC(=O)OC1CCCC(OC(=O)OC)C1. The molecule has 0 saturated heterocycles. The summed E-state index contributed by atoms with van der Waals surface area (Å²) in [5.74, 6) is 0. The van der Waals surface area contributed by atoms with Crippen LogP contribution in [-0.2, 0) is 18.9 Å². The summed E-state index contributed by atoms with van der Waals surface area (Å²) in [7, 11) is 2.52. The van der Waals surface area contributed by atoms with E-state index in [9.17, 15) is 9.59 Å². The van der Waals surface area contributed by atoms with E-state index in [4.69, 9.17) is 9.47 Å². The summed E-state index contributed by atoms with van der Waals surface area (Å²) in [5, 5.41) is 0. The van der Waals surface area contributed by atoms with Crippen LogP contribution in [0.25, 0.3) is 0 Å². The Hall–Kier alpha value is -1.46. The second-order valence-electron chi connectivity index (χ2n) is 3.55. The molecule has 0 aromatic carbocycles. The Morgan fingerprint density at radius 2 is 1.38 bits per heavy atom. The van der Waals surface area contributed by atoms with E-state index in [0.717, 1.165) is 19.3 Å². The zero-order valence-electron chi connectivity index (χ0n) is 9.43. The lowest BCUT2D eigenvalue weighted by Crippen LogP contribution is -2.31. The lowest BCUT2D eigenvalue weighted by atomic mass is 9.95. The third-order valence-electron chi connectivity index (χ3n) is 2.44. The predicted molar refractivity (Wildman–Crippen MR) is 53.0 cm³/mol. The Morgan fingerprint density at radius 3 is 1.75 bits per heavy atom. The number of rotatable bonds is 2. The highest BCUT2D eigenvalue weighted by Crippen LogP contribution is 2.24. The molecule has 0 heterocycles. The van der Waals surface area contributed by atoms with Gasteiger partial charge in [0.05, 0.1) is 14.2 Å². The number of carbonyl (C=O) groups is 2. The first-order valence-electron chi connectivity index (χ1n) is 5.15. The molecule has 0 aliphatic heterocycles. The number of hydrogen-bond donors (Lipinski definition) is 0. The quantitative estimate of drug-likeness (QED) is 0.677. The molecule has 0 aromatic rings. The molecule has 2 unspecified atom stereocenters. The van der Waals surface area contributed by atoms with Crippen LogP contribution < -0.4 is 0 Å². The summed E-state index contributed by atoms with van der Waals surface area (Å²) in [4.78, 5) is 21.8. The fourth-order valence-electron chi connectivity index (χ4n) is 1.68. The second-order valence-corrected chi connectivity index (χ2v) is 3.55. The molecule has 0 aromatic heterocycles. The van der Waals surface area contributed by atoms with E-state index in [2.05, 4.69) is 9.47 Å². The first-order chi connectivity index (χ1) is 7.65. The van der Waals surface area contributed by atoms with Crippen molar-refractivity contribution in [3.05, 3.63) is 0 Å². The Bertz CT molecular complexity index is 228. The van der Waals surface area contributed by atoms with E-state index in [1.807, 2.05) is 0 Å². The smallest absolute Gasteiger partial charge is 0.438 e. The molecule has 1 fully saturated rings. The first kappa shape index (κ1) is 12.6. The third-order valence-corrected chi connectivity index (χ3v) is 2.44. The fraction of sp³-hybridized carbons (Fsp3) is 0.800. The van der Waals surface area contributed by atoms with Gasteiger partial charge in [-0.15, -0.1) is 0 Å². The van der Waals surface area contributed by atoms with Gasteiger partial charge in [-0.05, 0) is 19.3 Å². The van der Waals surface area contributed by atoms with Crippen LogP contribution in [0.3, 0.4) is 0 Å². The molecule has 1 saturated carbocycles. The summed E-state index contributed by atoms with van der Waals surface area (Å²) in [6, 6.07) is 0. The van der Waals surface area contributed by atoms with Crippen molar-refractivity contribution in [2.75, 3.05) is 14.2 Å². The molecule has 1 rings (SSSR count). The largest absolute Gasteiger partial charge is 0.508 e. The summed E-state index contributed by atoms with van der Waals surface area (Å²) in [5.41, 5.74) is 0. The van der Waals surface area contributed by atoms with Crippen LogP contribution in [0.15, 0.2) is 0 Å². The summed E-state index contributed by atoms with van der Waals surface area (Å²) >= 11 is 0. The predicted octanol–water partition coefficient (Wildman–Crippen LogP) is 1.86. The minimum Gasteiger partial charge on any atom is -0.438 e. The Kier molecular flexibility index (Phi) is 4.88. The molecule has 0 spiro atoms. The number of carbonyl (C=O) groups excluding carboxylic acids is 2. The van der Waals surface area contributed by atoms with Crippen molar-refractivity contribution in [1.82, 2.24) is 0 Å². The molecular weight excluding hydrogens is 216 g/mol. The number of hydrogen-bond acceptors (Lipinski definition) is 6. The molecule has 1 aliphatic rings. The topological polar surface area (TPSA) is 71.1 Å². The van der Waals surface area contributed by atoms with Crippen molar-refractivity contribution in [3.63, 3.8) is 0 Å². The van der Waals surface area contributed by atoms with Crippen molar-refractivity contribution < 1.29 is 28.5 Å². The molecule has 2 atom stereocenters. The van der Waals surface area contributed by atoms with Crippen molar-refractivity contribution in [1.29, 1.82) is 0 Å². The van der Waals surface area contributed by atoms with Crippen molar-refractivity contribution in [3.8, 4) is 0 Å². The molecule has 1 aliphatic carbocycles. The molecule has 0 radical (unpaired) electrons. The van der Waals surface area contributed by atoms with Crippen LogP contribution in [0, 0.1) is 0 Å². The highest BCUT2D eigenvalue weighted by atomic mass is 16.7. The minimum absolute atomic E-state index is 0.254. The summed E-state index contributed by atoms with van der Waals surface area (Å²) < 4.78 is 18.8. The molecule has 0 N–H and O–H groups in total. The zero-order chi connectivity index (χ0) is 12.0. The van der Waals surface area contributed by atoms with E-state index in [1.165, 1.54) is 14.2 Å². The lowest BCUT2D eigenvalue weighted by Gasteiger charge is -2.27. The van der Waals surface area contributed by atoms with E-state index in [1.54, 1.807) is 0 Å². The number of methoxy groups -OCH3 is 2. The van der Waals surface area contributed by atoms with Crippen LogP contribution >= 0.6 is 0 Å². The van der Waals surface area contributed by atoms with Crippen LogP contribution in [-0.4, -0.2) is 38.7 Å². The van der Waals surface area contributed by atoms with Gasteiger partial charge in [-0.2, -0.15) is 0 Å². The molecular formula is C10H16O6. The van der Waals surface area contributed by atoms with Gasteiger partial charge in [0, 0.05) is 6.42 Å². The van der Waals surface area contributed by atoms with E-state index >= 15 is 0 Å². The average Bonchev–Trinajstić information content (AvgIpc) is 2.29. The average molecular weight is 232 g/mol. The van der Waals surface area contributed by atoms with Gasteiger partial charge in [0.25, 0.3) is 0 Å². The van der Waals surface area contributed by atoms with Gasteiger partial charge in [-0.25, -0.2) is 9.59 Å². The van der Waals surface area contributed by atoms with E-state index in [0.29, 0.717) is 6.42 Å². The molecule has 0 amide bonds. The van der Waals surface area contributed by atoms with Gasteiger partial charge in [-0.1, -0.05) is 0 Å². The van der Waals surface area contributed by atoms with Gasteiger partial charge < -0.3 is 18.9 Å². The second kappa shape index (κ2) is 6.19. The van der Waals surface area contributed by atoms with Crippen molar-refractivity contribution in [2.45, 2.75) is 37.9 Å². The Balaban J connectivity index is 2.35. The van der Waals surface area contributed by atoms with Gasteiger partial charge in [0.2, 0.25) is 0 Å². The zero-order valence-corrected chi connectivity index (χ0v) is 9.43.